The zero-order valence-electron chi connectivity index (χ0n) is 11.0. The van der Waals surface area contributed by atoms with Gasteiger partial charge in [-0.25, -0.2) is 4.39 Å². The Morgan fingerprint density at radius 3 is 2.47 bits per heavy atom. The summed E-state index contributed by atoms with van der Waals surface area (Å²) in [5.41, 5.74) is 1.34. The second kappa shape index (κ2) is 5.66. The Morgan fingerprint density at radius 1 is 1.18 bits per heavy atom. The standard InChI is InChI=1S/C16H23F/c1-3-12(2)15-6-4-5-7-16(15)13-8-10-14(17)11-9-13/h8-12,15-16H,3-7H2,1-2H3. The predicted octanol–water partition coefficient (Wildman–Crippen LogP) is 5.15. The molecule has 17 heavy (non-hydrogen) atoms. The minimum absolute atomic E-state index is 0.121. The lowest BCUT2D eigenvalue weighted by Gasteiger charge is -2.35. The minimum atomic E-state index is -0.121. The fourth-order valence-electron chi connectivity index (χ4n) is 3.27. The van der Waals surface area contributed by atoms with Crippen molar-refractivity contribution < 1.29 is 4.39 Å². The monoisotopic (exact) mass is 234 g/mol. The predicted molar refractivity (Wildman–Crippen MR) is 70.6 cm³/mol. The van der Waals surface area contributed by atoms with Crippen LogP contribution in [-0.2, 0) is 0 Å². The van der Waals surface area contributed by atoms with Crippen molar-refractivity contribution in [2.45, 2.75) is 51.9 Å². The molecule has 0 spiro atoms. The molecule has 2 rings (SSSR count). The Labute approximate surface area is 104 Å². The maximum absolute atomic E-state index is 13.0. The van der Waals surface area contributed by atoms with Crippen LogP contribution in [-0.4, -0.2) is 0 Å². The van der Waals surface area contributed by atoms with Crippen molar-refractivity contribution >= 4 is 0 Å². The molecule has 3 unspecified atom stereocenters. The first-order valence-electron chi connectivity index (χ1n) is 6.97. The van der Waals surface area contributed by atoms with Crippen molar-refractivity contribution in [3.05, 3.63) is 35.6 Å². The van der Waals surface area contributed by atoms with E-state index in [1.54, 1.807) is 12.1 Å². The Balaban J connectivity index is 2.18. The lowest BCUT2D eigenvalue weighted by atomic mass is 9.69. The van der Waals surface area contributed by atoms with Crippen LogP contribution in [0.15, 0.2) is 24.3 Å². The van der Waals surface area contributed by atoms with E-state index in [0.29, 0.717) is 5.92 Å². The highest BCUT2D eigenvalue weighted by molar-refractivity contribution is 5.22. The van der Waals surface area contributed by atoms with Crippen LogP contribution in [0.4, 0.5) is 4.39 Å². The Morgan fingerprint density at radius 2 is 1.82 bits per heavy atom. The first kappa shape index (κ1) is 12.6. The van der Waals surface area contributed by atoms with E-state index in [1.807, 2.05) is 12.1 Å². The Bertz CT molecular complexity index is 341. The van der Waals surface area contributed by atoms with Gasteiger partial charge in [0.25, 0.3) is 0 Å². The number of hydrogen-bond donors (Lipinski definition) is 0. The maximum atomic E-state index is 13.0. The molecule has 0 nitrogen and oxygen atoms in total. The van der Waals surface area contributed by atoms with Crippen LogP contribution < -0.4 is 0 Å². The molecule has 0 aliphatic heterocycles. The van der Waals surface area contributed by atoms with Gasteiger partial charge in [-0.2, -0.15) is 0 Å². The molecule has 1 aliphatic rings. The van der Waals surface area contributed by atoms with Crippen LogP contribution in [0, 0.1) is 17.7 Å². The SMILES string of the molecule is CCC(C)C1CCCCC1c1ccc(F)cc1. The van der Waals surface area contributed by atoms with Crippen LogP contribution in [0.5, 0.6) is 0 Å². The molecule has 0 aromatic heterocycles. The van der Waals surface area contributed by atoms with Gasteiger partial charge in [0.15, 0.2) is 0 Å². The van der Waals surface area contributed by atoms with E-state index in [-0.39, 0.29) is 5.82 Å². The molecule has 3 atom stereocenters. The van der Waals surface area contributed by atoms with Crippen molar-refractivity contribution in [3.8, 4) is 0 Å². The van der Waals surface area contributed by atoms with E-state index >= 15 is 0 Å². The third-order valence-corrected chi connectivity index (χ3v) is 4.49. The summed E-state index contributed by atoms with van der Waals surface area (Å²) >= 11 is 0. The van der Waals surface area contributed by atoms with E-state index in [1.165, 1.54) is 37.7 Å². The highest BCUT2D eigenvalue weighted by Gasteiger charge is 2.29. The van der Waals surface area contributed by atoms with Gasteiger partial charge in [-0.15, -0.1) is 0 Å². The topological polar surface area (TPSA) is 0 Å². The van der Waals surface area contributed by atoms with E-state index in [2.05, 4.69) is 13.8 Å². The molecule has 0 N–H and O–H groups in total. The van der Waals surface area contributed by atoms with E-state index < -0.39 is 0 Å². The lowest BCUT2D eigenvalue weighted by Crippen LogP contribution is -2.23. The van der Waals surface area contributed by atoms with Gasteiger partial charge in [-0.3, -0.25) is 0 Å². The fraction of sp³-hybridized carbons (Fsp3) is 0.625. The molecule has 1 heteroatoms. The average molecular weight is 234 g/mol. The summed E-state index contributed by atoms with van der Waals surface area (Å²) in [6.07, 6.45) is 6.57. The lowest BCUT2D eigenvalue weighted by molar-refractivity contribution is 0.220. The first-order chi connectivity index (χ1) is 8.22. The summed E-state index contributed by atoms with van der Waals surface area (Å²) < 4.78 is 13.0. The molecule has 0 radical (unpaired) electrons. The molecule has 1 saturated carbocycles. The highest BCUT2D eigenvalue weighted by Crippen LogP contribution is 2.42. The second-order valence-corrected chi connectivity index (χ2v) is 5.49. The Hall–Kier alpha value is -0.850. The van der Waals surface area contributed by atoms with Gasteiger partial charge in [-0.05, 0) is 48.3 Å². The summed E-state index contributed by atoms with van der Waals surface area (Å²) in [7, 11) is 0. The van der Waals surface area contributed by atoms with Crippen LogP contribution in [0.3, 0.4) is 0 Å². The van der Waals surface area contributed by atoms with E-state index in [0.717, 1.165) is 11.8 Å². The summed E-state index contributed by atoms with van der Waals surface area (Å²) in [5.74, 6) is 2.11. The second-order valence-electron chi connectivity index (χ2n) is 5.49. The zero-order chi connectivity index (χ0) is 12.3. The highest BCUT2D eigenvalue weighted by atomic mass is 19.1. The summed E-state index contributed by atoms with van der Waals surface area (Å²) in [4.78, 5) is 0. The maximum Gasteiger partial charge on any atom is 0.123 e. The van der Waals surface area contributed by atoms with E-state index in [4.69, 9.17) is 0 Å². The summed E-state index contributed by atoms with van der Waals surface area (Å²) in [5, 5.41) is 0. The van der Waals surface area contributed by atoms with Crippen LogP contribution in [0.2, 0.25) is 0 Å². The van der Waals surface area contributed by atoms with Gasteiger partial charge < -0.3 is 0 Å². The van der Waals surface area contributed by atoms with Crippen LogP contribution in [0.1, 0.15) is 57.4 Å². The van der Waals surface area contributed by atoms with Gasteiger partial charge in [0, 0.05) is 0 Å². The van der Waals surface area contributed by atoms with Crippen molar-refractivity contribution in [3.63, 3.8) is 0 Å². The minimum Gasteiger partial charge on any atom is -0.207 e. The number of benzene rings is 1. The third kappa shape index (κ3) is 2.88. The van der Waals surface area contributed by atoms with Gasteiger partial charge >= 0.3 is 0 Å². The quantitative estimate of drug-likeness (QED) is 0.679. The zero-order valence-corrected chi connectivity index (χ0v) is 11.0. The van der Waals surface area contributed by atoms with E-state index in [9.17, 15) is 4.39 Å². The number of hydrogen-bond acceptors (Lipinski definition) is 0. The smallest absolute Gasteiger partial charge is 0.123 e. The van der Waals surface area contributed by atoms with Gasteiger partial charge in [-0.1, -0.05) is 45.2 Å². The molecule has 1 aliphatic carbocycles. The first-order valence-corrected chi connectivity index (χ1v) is 6.97. The molecular formula is C16H23F. The van der Waals surface area contributed by atoms with Crippen molar-refractivity contribution in [2.24, 2.45) is 11.8 Å². The molecular weight excluding hydrogens is 211 g/mol. The normalized spacial score (nSPS) is 26.8. The van der Waals surface area contributed by atoms with Gasteiger partial charge in [0.2, 0.25) is 0 Å². The number of halogens is 1. The van der Waals surface area contributed by atoms with Gasteiger partial charge in [0.1, 0.15) is 5.82 Å². The van der Waals surface area contributed by atoms with Crippen molar-refractivity contribution in [1.82, 2.24) is 0 Å². The molecule has 0 bridgehead atoms. The molecule has 0 heterocycles. The fourth-order valence-corrected chi connectivity index (χ4v) is 3.27. The molecule has 1 aromatic carbocycles. The molecule has 0 saturated heterocycles. The Kier molecular flexibility index (Phi) is 4.20. The average Bonchev–Trinajstić information content (AvgIpc) is 2.39. The molecule has 0 amide bonds. The number of rotatable bonds is 3. The van der Waals surface area contributed by atoms with Gasteiger partial charge in [0.05, 0.1) is 0 Å². The third-order valence-electron chi connectivity index (χ3n) is 4.49. The largest absolute Gasteiger partial charge is 0.207 e. The molecule has 1 fully saturated rings. The summed E-state index contributed by atoms with van der Waals surface area (Å²) in [6.45, 7) is 4.65. The molecule has 1 aromatic rings. The van der Waals surface area contributed by atoms with Crippen molar-refractivity contribution in [2.75, 3.05) is 0 Å². The van der Waals surface area contributed by atoms with Crippen LogP contribution >= 0.6 is 0 Å². The molecule has 94 valence electrons. The summed E-state index contributed by atoms with van der Waals surface area (Å²) in [6, 6.07) is 7.19. The van der Waals surface area contributed by atoms with Crippen LogP contribution in [0.25, 0.3) is 0 Å². The van der Waals surface area contributed by atoms with Crippen molar-refractivity contribution in [1.29, 1.82) is 0 Å².